The molecule has 0 fully saturated rings. The van der Waals surface area contributed by atoms with Gasteiger partial charge in [0.2, 0.25) is 0 Å². The van der Waals surface area contributed by atoms with Gasteiger partial charge in [0.25, 0.3) is 0 Å². The molecule has 0 unspecified atom stereocenters. The first-order valence-corrected chi connectivity index (χ1v) is 7.63. The number of imidazole rings is 1. The minimum absolute atomic E-state index is 0.576. The van der Waals surface area contributed by atoms with Gasteiger partial charge in [0.05, 0.1) is 11.0 Å². The fourth-order valence-electron chi connectivity index (χ4n) is 2.80. The highest BCUT2D eigenvalue weighted by atomic mass is 16.5. The minimum atomic E-state index is 0.576. The second-order valence-electron chi connectivity index (χ2n) is 5.34. The molecule has 0 aliphatic rings. The van der Waals surface area contributed by atoms with Crippen molar-refractivity contribution in [2.45, 2.75) is 0 Å². The van der Waals surface area contributed by atoms with E-state index in [-0.39, 0.29) is 0 Å². The Kier molecular flexibility index (Phi) is 3.77. The molecule has 4 aromatic rings. The van der Waals surface area contributed by atoms with Crippen molar-refractivity contribution in [2.24, 2.45) is 0 Å². The first-order valence-electron chi connectivity index (χ1n) is 7.63. The third-order valence-corrected chi connectivity index (χ3v) is 3.88. The third kappa shape index (κ3) is 2.55. The molecule has 115 valence electrons. The smallest absolute Gasteiger partial charge is 0.537 e. The summed E-state index contributed by atoms with van der Waals surface area (Å²) in [5.41, 5.74) is 4.02. The number of benzene rings is 3. The van der Waals surface area contributed by atoms with Crippen molar-refractivity contribution in [3.8, 4) is 22.8 Å². The fraction of sp³-hybridized carbons (Fsp3) is 0. The quantitative estimate of drug-likeness (QED) is 0.586. The molecule has 0 saturated heterocycles. The lowest BCUT2D eigenvalue weighted by molar-refractivity contribution is 0.454. The number of fused-ring (bicyclic) bond motifs is 1. The molecule has 4 rings (SSSR count). The van der Waals surface area contributed by atoms with Gasteiger partial charge in [0.15, 0.2) is 0 Å². The average molecular weight is 313 g/mol. The van der Waals surface area contributed by atoms with Crippen molar-refractivity contribution in [3.63, 3.8) is 0 Å². The summed E-state index contributed by atoms with van der Waals surface area (Å²) in [5.74, 6) is 1.46. The Morgan fingerprint density at radius 1 is 0.833 bits per heavy atom. The van der Waals surface area contributed by atoms with Gasteiger partial charge in [0, 0.05) is 11.3 Å². The van der Waals surface area contributed by atoms with E-state index in [4.69, 9.17) is 14.7 Å². The monoisotopic (exact) mass is 313 g/mol. The molecular weight excluding hydrogens is 299 g/mol. The van der Waals surface area contributed by atoms with Crippen LogP contribution < -0.4 is 4.65 Å². The number of nitrogens with zero attached hydrogens (tertiary/aromatic N) is 2. The van der Waals surface area contributed by atoms with E-state index in [1.54, 1.807) is 0 Å². The summed E-state index contributed by atoms with van der Waals surface area (Å²) in [6.45, 7) is 0. The lowest BCUT2D eigenvalue weighted by Crippen LogP contribution is -2.01. The van der Waals surface area contributed by atoms with Crippen LogP contribution in [0.3, 0.4) is 0 Å². The van der Waals surface area contributed by atoms with Crippen LogP contribution in [0.15, 0.2) is 78.9 Å². The molecule has 0 aliphatic carbocycles. The van der Waals surface area contributed by atoms with Crippen molar-refractivity contribution < 1.29 is 9.68 Å². The molecule has 0 amide bonds. The van der Waals surface area contributed by atoms with E-state index < -0.39 is 0 Å². The van der Waals surface area contributed by atoms with Crippen molar-refractivity contribution >= 4 is 18.7 Å². The summed E-state index contributed by atoms with van der Waals surface area (Å²) in [6.07, 6.45) is 0. The summed E-state index contributed by atoms with van der Waals surface area (Å²) in [7, 11) is 0.678. The molecular formula is C19H14BN2O2. The summed E-state index contributed by atoms with van der Waals surface area (Å²) < 4.78 is 7.11. The van der Waals surface area contributed by atoms with Gasteiger partial charge in [0.1, 0.15) is 11.6 Å². The number of rotatable bonds is 4. The van der Waals surface area contributed by atoms with E-state index in [1.165, 1.54) is 0 Å². The molecule has 24 heavy (non-hydrogen) atoms. The van der Waals surface area contributed by atoms with E-state index in [0.29, 0.717) is 13.4 Å². The molecule has 4 nitrogen and oxygen atoms in total. The van der Waals surface area contributed by atoms with Gasteiger partial charge >= 0.3 is 7.69 Å². The number of aromatic nitrogens is 2. The van der Waals surface area contributed by atoms with Crippen LogP contribution in [0.5, 0.6) is 5.75 Å². The lowest BCUT2D eigenvalue weighted by Gasteiger charge is -2.10. The van der Waals surface area contributed by atoms with Crippen LogP contribution in [-0.2, 0) is 0 Å². The molecule has 1 N–H and O–H groups in total. The van der Waals surface area contributed by atoms with Gasteiger partial charge < -0.3 is 9.68 Å². The van der Waals surface area contributed by atoms with Crippen LogP contribution in [0.25, 0.3) is 28.1 Å². The topological polar surface area (TPSA) is 47.3 Å². The zero-order valence-corrected chi connectivity index (χ0v) is 12.8. The van der Waals surface area contributed by atoms with E-state index in [1.807, 2.05) is 60.7 Å². The molecule has 1 aromatic heterocycles. The normalized spacial score (nSPS) is 10.7. The highest BCUT2D eigenvalue weighted by Gasteiger charge is 2.13. The van der Waals surface area contributed by atoms with Crippen LogP contribution in [0.4, 0.5) is 0 Å². The largest absolute Gasteiger partial charge is 0.569 e. The molecule has 1 radical (unpaired) electrons. The predicted octanol–water partition coefficient (Wildman–Crippen LogP) is 3.60. The number of para-hydroxylation sites is 2. The van der Waals surface area contributed by atoms with E-state index >= 15 is 0 Å². The summed E-state index contributed by atoms with van der Waals surface area (Å²) in [5, 5.41) is 8.74. The Hall–Kier alpha value is -3.05. The van der Waals surface area contributed by atoms with E-state index in [0.717, 1.165) is 28.1 Å². The minimum Gasteiger partial charge on any atom is -0.537 e. The third-order valence-electron chi connectivity index (χ3n) is 3.88. The Balaban J connectivity index is 1.92. The summed E-state index contributed by atoms with van der Waals surface area (Å²) in [4.78, 5) is 4.80. The van der Waals surface area contributed by atoms with Crippen LogP contribution in [0.2, 0.25) is 0 Å². The molecule has 3 aromatic carbocycles. The van der Waals surface area contributed by atoms with Gasteiger partial charge in [-0.05, 0) is 36.4 Å². The highest BCUT2D eigenvalue weighted by molar-refractivity contribution is 6.17. The van der Waals surface area contributed by atoms with Crippen LogP contribution in [-0.4, -0.2) is 22.3 Å². The van der Waals surface area contributed by atoms with Gasteiger partial charge in [-0.1, -0.05) is 42.5 Å². The fourth-order valence-corrected chi connectivity index (χ4v) is 2.80. The van der Waals surface area contributed by atoms with Gasteiger partial charge in [-0.25, -0.2) is 4.98 Å². The molecule has 0 atom stereocenters. The van der Waals surface area contributed by atoms with E-state index in [9.17, 15) is 0 Å². The number of hydrogen-bond acceptors (Lipinski definition) is 3. The highest BCUT2D eigenvalue weighted by Crippen LogP contribution is 2.29. The maximum atomic E-state index is 8.74. The molecule has 0 aliphatic heterocycles. The Bertz CT molecular complexity index is 966. The van der Waals surface area contributed by atoms with Gasteiger partial charge in [-0.3, -0.25) is 4.57 Å². The molecule has 0 saturated carbocycles. The molecule has 5 heteroatoms. The van der Waals surface area contributed by atoms with Crippen molar-refractivity contribution in [1.29, 1.82) is 0 Å². The maximum absolute atomic E-state index is 8.74. The molecule has 0 bridgehead atoms. The Morgan fingerprint density at radius 2 is 1.54 bits per heavy atom. The second kappa shape index (κ2) is 6.22. The van der Waals surface area contributed by atoms with Crippen molar-refractivity contribution in [1.82, 2.24) is 9.55 Å². The van der Waals surface area contributed by atoms with Crippen LogP contribution in [0.1, 0.15) is 0 Å². The van der Waals surface area contributed by atoms with Gasteiger partial charge in [-0.2, -0.15) is 0 Å². The Labute approximate surface area is 140 Å². The second-order valence-corrected chi connectivity index (χ2v) is 5.34. The molecule has 1 heterocycles. The maximum Gasteiger partial charge on any atom is 0.569 e. The Morgan fingerprint density at radius 3 is 2.29 bits per heavy atom. The first kappa shape index (κ1) is 14.5. The molecule has 0 spiro atoms. The lowest BCUT2D eigenvalue weighted by atomic mass is 10.2. The zero-order valence-electron chi connectivity index (χ0n) is 12.8. The average Bonchev–Trinajstić information content (AvgIpc) is 3.03. The van der Waals surface area contributed by atoms with E-state index in [2.05, 4.69) is 22.8 Å². The zero-order chi connectivity index (χ0) is 16.4. The van der Waals surface area contributed by atoms with Gasteiger partial charge in [-0.15, -0.1) is 0 Å². The van der Waals surface area contributed by atoms with Crippen molar-refractivity contribution in [2.75, 3.05) is 0 Å². The van der Waals surface area contributed by atoms with Crippen LogP contribution in [0, 0.1) is 0 Å². The predicted molar refractivity (Wildman–Crippen MR) is 95.1 cm³/mol. The first-order chi connectivity index (χ1) is 11.9. The summed E-state index contributed by atoms with van der Waals surface area (Å²) >= 11 is 0. The summed E-state index contributed by atoms with van der Waals surface area (Å²) in [6, 6.07) is 25.7. The van der Waals surface area contributed by atoms with Crippen LogP contribution >= 0.6 is 0 Å². The standard InChI is InChI=1S/C19H14BN2O2/c23-20-24-16-12-10-15(11-13-16)22-18-9-5-4-8-17(18)21-19(22)14-6-2-1-3-7-14/h1-13,23H. The van der Waals surface area contributed by atoms with Crippen molar-refractivity contribution in [3.05, 3.63) is 78.9 Å². The SMILES string of the molecule is O[B]Oc1ccc(-n2c(-c3ccccc3)nc3ccccc32)cc1. The number of hydrogen-bond donors (Lipinski definition) is 1.